The molecule has 0 spiro atoms. The number of nitrogens with one attached hydrogen (secondary N) is 3. The van der Waals surface area contributed by atoms with E-state index < -0.39 is 11.7 Å². The molecule has 0 aliphatic rings. The van der Waals surface area contributed by atoms with Crippen LogP contribution in [0.5, 0.6) is 0 Å². The fraction of sp³-hybridized carbons (Fsp3) is 0.167. The van der Waals surface area contributed by atoms with Crippen LogP contribution in [0, 0.1) is 5.82 Å². The molecule has 0 heterocycles. The van der Waals surface area contributed by atoms with Gasteiger partial charge in [0.05, 0.1) is 0 Å². The summed E-state index contributed by atoms with van der Waals surface area (Å²) < 4.78 is 14.1. The molecule has 0 fully saturated rings. The molecule has 0 aliphatic heterocycles. The fourth-order valence-corrected chi connectivity index (χ4v) is 1.75. The van der Waals surface area contributed by atoms with Crippen LogP contribution in [0.4, 0.5) is 4.39 Å². The fourth-order valence-electron chi connectivity index (χ4n) is 1.17. The van der Waals surface area contributed by atoms with E-state index in [1.807, 2.05) is 6.92 Å². The minimum Gasteiger partial charge on any atom is -0.362 e. The molecular weight excluding hydrogens is 333 g/mol. The zero-order valence-electron chi connectivity index (χ0n) is 10.2. The van der Waals surface area contributed by atoms with Crippen molar-refractivity contribution in [3.05, 3.63) is 40.1 Å². The van der Waals surface area contributed by atoms with Crippen LogP contribution < -0.4 is 16.2 Å². The van der Waals surface area contributed by atoms with Crippen molar-refractivity contribution in [1.82, 2.24) is 16.2 Å². The van der Waals surface area contributed by atoms with E-state index in [0.29, 0.717) is 17.2 Å². The van der Waals surface area contributed by atoms with Crippen LogP contribution in [-0.2, 0) is 4.79 Å². The van der Waals surface area contributed by atoms with E-state index in [2.05, 4.69) is 32.1 Å². The standard InChI is InChI=1S/C12H13BrFN3OS/c1-2-15-12(19)17-16-11(18)6-3-8-7-9(13)4-5-10(8)14/h3-7H,2H2,1H3,(H,16,18)(H2,15,17,19)/b6-3+. The molecule has 0 unspecified atom stereocenters. The maximum absolute atomic E-state index is 13.4. The summed E-state index contributed by atoms with van der Waals surface area (Å²) in [7, 11) is 0. The summed E-state index contributed by atoms with van der Waals surface area (Å²) in [5, 5.41) is 3.12. The molecule has 4 nitrogen and oxygen atoms in total. The number of hydrazine groups is 1. The van der Waals surface area contributed by atoms with Crippen LogP contribution >= 0.6 is 28.1 Å². The molecule has 0 aromatic heterocycles. The summed E-state index contributed by atoms with van der Waals surface area (Å²) in [6, 6.07) is 4.49. The molecule has 19 heavy (non-hydrogen) atoms. The highest BCUT2D eigenvalue weighted by Gasteiger charge is 2.01. The topological polar surface area (TPSA) is 53.2 Å². The highest BCUT2D eigenvalue weighted by molar-refractivity contribution is 9.10. The smallest absolute Gasteiger partial charge is 0.262 e. The first kappa shape index (κ1) is 15.6. The lowest BCUT2D eigenvalue weighted by Gasteiger charge is -2.08. The molecule has 0 saturated carbocycles. The van der Waals surface area contributed by atoms with Crippen molar-refractivity contribution < 1.29 is 9.18 Å². The Hall–Kier alpha value is -1.47. The predicted octanol–water partition coefficient (Wildman–Crippen LogP) is 2.12. The number of hydrogen-bond donors (Lipinski definition) is 3. The van der Waals surface area contributed by atoms with Gasteiger partial charge in [0.15, 0.2) is 5.11 Å². The molecule has 1 aromatic carbocycles. The SMILES string of the molecule is CCNC(=S)NNC(=O)/C=C/c1cc(Br)ccc1F. The lowest BCUT2D eigenvalue weighted by Crippen LogP contribution is -2.46. The third-order valence-electron chi connectivity index (χ3n) is 2.01. The summed E-state index contributed by atoms with van der Waals surface area (Å²) >= 11 is 8.09. The van der Waals surface area contributed by atoms with Crippen LogP contribution in [0.2, 0.25) is 0 Å². The van der Waals surface area contributed by atoms with Crippen molar-refractivity contribution in [3.63, 3.8) is 0 Å². The first-order valence-corrected chi connectivity index (χ1v) is 6.70. The Morgan fingerprint density at radius 2 is 2.21 bits per heavy atom. The minimum absolute atomic E-state index is 0.317. The molecule has 3 N–H and O–H groups in total. The van der Waals surface area contributed by atoms with Gasteiger partial charge in [-0.2, -0.15) is 0 Å². The third kappa shape index (κ3) is 5.80. The number of carbonyl (C=O) groups is 1. The van der Waals surface area contributed by atoms with E-state index in [0.717, 1.165) is 4.47 Å². The van der Waals surface area contributed by atoms with E-state index in [1.165, 1.54) is 18.2 Å². The molecule has 0 atom stereocenters. The van der Waals surface area contributed by atoms with Crippen LogP contribution in [-0.4, -0.2) is 17.6 Å². The Bertz CT molecular complexity index is 508. The maximum atomic E-state index is 13.4. The molecule has 7 heteroatoms. The molecule has 0 radical (unpaired) electrons. The number of rotatable bonds is 3. The van der Waals surface area contributed by atoms with Gasteiger partial charge in [-0.05, 0) is 43.4 Å². The zero-order valence-corrected chi connectivity index (χ0v) is 12.6. The van der Waals surface area contributed by atoms with E-state index in [9.17, 15) is 9.18 Å². The lowest BCUT2D eigenvalue weighted by atomic mass is 10.2. The second-order valence-corrected chi connectivity index (χ2v) is 4.80. The van der Waals surface area contributed by atoms with Gasteiger partial charge in [0.25, 0.3) is 5.91 Å². The summed E-state index contributed by atoms with van der Waals surface area (Å²) in [6.45, 7) is 2.53. The van der Waals surface area contributed by atoms with Crippen molar-refractivity contribution in [2.45, 2.75) is 6.92 Å². The molecule has 0 bridgehead atoms. The predicted molar refractivity (Wildman–Crippen MR) is 80.7 cm³/mol. The second-order valence-electron chi connectivity index (χ2n) is 3.47. The maximum Gasteiger partial charge on any atom is 0.262 e. The van der Waals surface area contributed by atoms with Gasteiger partial charge in [0.1, 0.15) is 5.82 Å². The van der Waals surface area contributed by atoms with E-state index in [1.54, 1.807) is 12.1 Å². The van der Waals surface area contributed by atoms with Gasteiger partial charge in [-0.3, -0.25) is 15.6 Å². The highest BCUT2D eigenvalue weighted by Crippen LogP contribution is 2.16. The zero-order chi connectivity index (χ0) is 14.3. The Morgan fingerprint density at radius 1 is 1.47 bits per heavy atom. The first-order chi connectivity index (χ1) is 9.02. The van der Waals surface area contributed by atoms with Crippen LogP contribution in [0.3, 0.4) is 0 Å². The number of carbonyl (C=O) groups excluding carboxylic acids is 1. The number of benzene rings is 1. The summed E-state index contributed by atoms with van der Waals surface area (Å²) in [5.41, 5.74) is 5.19. The quantitative estimate of drug-likeness (QED) is 0.446. The number of halogens is 2. The summed E-state index contributed by atoms with van der Waals surface area (Å²) in [4.78, 5) is 11.4. The lowest BCUT2D eigenvalue weighted by molar-refractivity contribution is -0.116. The van der Waals surface area contributed by atoms with Crippen LogP contribution in [0.25, 0.3) is 6.08 Å². The normalized spacial score (nSPS) is 10.3. The monoisotopic (exact) mass is 345 g/mol. The molecule has 1 amide bonds. The van der Waals surface area contributed by atoms with Gasteiger partial charge in [0, 0.05) is 22.7 Å². The molecule has 1 aromatic rings. The second kappa shape index (κ2) is 7.85. The molecule has 0 saturated heterocycles. The highest BCUT2D eigenvalue weighted by atomic mass is 79.9. The van der Waals surface area contributed by atoms with Gasteiger partial charge in [-0.1, -0.05) is 15.9 Å². The average Bonchev–Trinajstić information content (AvgIpc) is 2.38. The molecule has 0 aliphatic carbocycles. The van der Waals surface area contributed by atoms with Gasteiger partial charge in [0.2, 0.25) is 0 Å². The number of thiocarbonyl (C=S) groups is 1. The van der Waals surface area contributed by atoms with Crippen molar-refractivity contribution in [2.24, 2.45) is 0 Å². The number of hydrogen-bond acceptors (Lipinski definition) is 2. The summed E-state index contributed by atoms with van der Waals surface area (Å²) in [6.07, 6.45) is 2.60. The van der Waals surface area contributed by atoms with Crippen LogP contribution in [0.1, 0.15) is 12.5 Å². The Morgan fingerprint density at radius 3 is 2.89 bits per heavy atom. The van der Waals surface area contributed by atoms with E-state index in [4.69, 9.17) is 12.2 Å². The van der Waals surface area contributed by atoms with Gasteiger partial charge in [-0.25, -0.2) is 4.39 Å². The largest absolute Gasteiger partial charge is 0.362 e. The third-order valence-corrected chi connectivity index (χ3v) is 2.75. The Balaban J connectivity index is 2.54. The van der Waals surface area contributed by atoms with Gasteiger partial charge < -0.3 is 5.32 Å². The number of amides is 1. The molecule has 1 rings (SSSR count). The van der Waals surface area contributed by atoms with Gasteiger partial charge in [-0.15, -0.1) is 0 Å². The van der Waals surface area contributed by atoms with E-state index >= 15 is 0 Å². The van der Waals surface area contributed by atoms with Crippen molar-refractivity contribution in [1.29, 1.82) is 0 Å². The van der Waals surface area contributed by atoms with Crippen molar-refractivity contribution in [2.75, 3.05) is 6.54 Å². The van der Waals surface area contributed by atoms with E-state index in [-0.39, 0.29) is 0 Å². The van der Waals surface area contributed by atoms with Crippen molar-refractivity contribution >= 4 is 45.2 Å². The summed E-state index contributed by atoms with van der Waals surface area (Å²) in [5.74, 6) is -0.831. The van der Waals surface area contributed by atoms with Crippen LogP contribution in [0.15, 0.2) is 28.7 Å². The minimum atomic E-state index is -0.431. The van der Waals surface area contributed by atoms with Crippen molar-refractivity contribution in [3.8, 4) is 0 Å². The first-order valence-electron chi connectivity index (χ1n) is 5.50. The van der Waals surface area contributed by atoms with Gasteiger partial charge >= 0.3 is 0 Å². The Labute approximate surface area is 124 Å². The average molecular weight is 346 g/mol. The molecule has 102 valence electrons. The molecular formula is C12H13BrFN3OS. The Kier molecular flexibility index (Phi) is 6.44.